The Hall–Kier alpha value is -1.43. The Balaban J connectivity index is 1.91. The number of rotatable bonds is 2. The number of piperidine rings is 1. The number of nitrogens with one attached hydrogen (secondary N) is 1. The molecule has 2 heterocycles. The summed E-state index contributed by atoms with van der Waals surface area (Å²) >= 11 is 0. The van der Waals surface area contributed by atoms with Crippen LogP contribution in [0.2, 0.25) is 0 Å². The first-order valence-electron chi connectivity index (χ1n) is 7.55. The molecule has 0 radical (unpaired) electrons. The number of carbonyl (C=O) groups is 1. The van der Waals surface area contributed by atoms with Gasteiger partial charge in [0.1, 0.15) is 0 Å². The molecule has 2 saturated heterocycles. The van der Waals surface area contributed by atoms with Crippen LogP contribution in [0.1, 0.15) is 18.4 Å². The summed E-state index contributed by atoms with van der Waals surface area (Å²) in [4.78, 5) is 14.7. The summed E-state index contributed by atoms with van der Waals surface area (Å²) in [5.74, 6) is 0.0331. The number of aliphatic hydroxyl groups is 2. The molecule has 2 fully saturated rings. The largest absolute Gasteiger partial charge is 0.388 e. The van der Waals surface area contributed by atoms with E-state index in [-0.39, 0.29) is 19.0 Å². The molecule has 3 rings (SSSR count). The van der Waals surface area contributed by atoms with Crippen LogP contribution in [-0.4, -0.2) is 59.4 Å². The van der Waals surface area contributed by atoms with Crippen molar-refractivity contribution in [3.63, 3.8) is 0 Å². The van der Waals surface area contributed by atoms with Crippen LogP contribution in [0.5, 0.6) is 0 Å². The zero-order valence-electron chi connectivity index (χ0n) is 12.0. The Morgan fingerprint density at radius 3 is 2.24 bits per heavy atom. The third-order valence-electron chi connectivity index (χ3n) is 4.74. The minimum Gasteiger partial charge on any atom is -0.388 e. The van der Waals surface area contributed by atoms with Gasteiger partial charge in [0.05, 0.1) is 17.6 Å². The molecule has 3 N–H and O–H groups in total. The SMILES string of the molecule is O=C(N1CC(O)C(O)C1)C1(c2ccccc2)CCNCC1. The van der Waals surface area contributed by atoms with Gasteiger partial charge in [-0.2, -0.15) is 0 Å². The second-order valence-corrected chi connectivity index (χ2v) is 6.04. The number of nitrogens with zero attached hydrogens (tertiary/aromatic N) is 1. The van der Waals surface area contributed by atoms with E-state index in [4.69, 9.17) is 0 Å². The maximum atomic E-state index is 13.1. The molecule has 1 amide bonds. The summed E-state index contributed by atoms with van der Waals surface area (Å²) in [6.07, 6.45) is -0.163. The summed E-state index contributed by atoms with van der Waals surface area (Å²) in [6, 6.07) is 9.88. The second kappa shape index (κ2) is 5.75. The Morgan fingerprint density at radius 2 is 1.67 bits per heavy atom. The van der Waals surface area contributed by atoms with Crippen molar-refractivity contribution >= 4 is 5.91 Å². The Labute approximate surface area is 124 Å². The van der Waals surface area contributed by atoms with Gasteiger partial charge in [-0.15, -0.1) is 0 Å². The summed E-state index contributed by atoms with van der Waals surface area (Å²) in [5, 5.41) is 22.7. The van der Waals surface area contributed by atoms with Crippen LogP contribution in [0.15, 0.2) is 30.3 Å². The lowest BCUT2D eigenvalue weighted by Gasteiger charge is -2.39. The topological polar surface area (TPSA) is 72.8 Å². The molecule has 0 aliphatic carbocycles. The number of β-amino-alcohol motifs (C(OH)–C–C–N with tert-alkyl or cyclic N) is 2. The van der Waals surface area contributed by atoms with Crippen molar-refractivity contribution in [3.8, 4) is 0 Å². The fourth-order valence-electron chi connectivity index (χ4n) is 3.47. The number of aliphatic hydroxyl groups excluding tert-OH is 2. The van der Waals surface area contributed by atoms with Gasteiger partial charge in [-0.25, -0.2) is 0 Å². The van der Waals surface area contributed by atoms with E-state index in [1.807, 2.05) is 30.3 Å². The minimum atomic E-state index is -0.830. The van der Waals surface area contributed by atoms with E-state index in [0.717, 1.165) is 31.5 Å². The van der Waals surface area contributed by atoms with Crippen molar-refractivity contribution in [2.75, 3.05) is 26.2 Å². The molecule has 2 aliphatic heterocycles. The number of benzene rings is 1. The minimum absolute atomic E-state index is 0.0331. The first-order chi connectivity index (χ1) is 10.1. The summed E-state index contributed by atoms with van der Waals surface area (Å²) < 4.78 is 0. The molecule has 0 bridgehead atoms. The van der Waals surface area contributed by atoms with E-state index in [0.29, 0.717) is 0 Å². The van der Waals surface area contributed by atoms with E-state index in [9.17, 15) is 15.0 Å². The van der Waals surface area contributed by atoms with E-state index in [2.05, 4.69) is 5.32 Å². The van der Waals surface area contributed by atoms with Gasteiger partial charge in [0, 0.05) is 13.1 Å². The molecule has 0 spiro atoms. The van der Waals surface area contributed by atoms with Crippen molar-refractivity contribution in [2.24, 2.45) is 0 Å². The molecule has 2 atom stereocenters. The average molecular weight is 290 g/mol. The highest BCUT2D eigenvalue weighted by Crippen LogP contribution is 2.36. The second-order valence-electron chi connectivity index (χ2n) is 6.04. The third kappa shape index (κ3) is 2.57. The van der Waals surface area contributed by atoms with Crippen LogP contribution >= 0.6 is 0 Å². The number of hydrogen-bond donors (Lipinski definition) is 3. The van der Waals surface area contributed by atoms with Gasteiger partial charge < -0.3 is 20.4 Å². The maximum absolute atomic E-state index is 13.1. The lowest BCUT2D eigenvalue weighted by atomic mass is 9.72. The predicted octanol–water partition coefficient (Wildman–Crippen LogP) is -0.128. The van der Waals surface area contributed by atoms with Crippen LogP contribution in [-0.2, 0) is 10.2 Å². The lowest BCUT2D eigenvalue weighted by Crippen LogP contribution is -2.51. The monoisotopic (exact) mass is 290 g/mol. The van der Waals surface area contributed by atoms with E-state index in [1.165, 1.54) is 0 Å². The molecule has 0 aromatic heterocycles. The van der Waals surface area contributed by atoms with Gasteiger partial charge in [0.25, 0.3) is 0 Å². The predicted molar refractivity (Wildman–Crippen MR) is 78.8 cm³/mol. The Bertz CT molecular complexity index is 490. The maximum Gasteiger partial charge on any atom is 0.233 e. The molecule has 1 aromatic carbocycles. The fourth-order valence-corrected chi connectivity index (χ4v) is 3.47. The molecule has 1 aromatic rings. The van der Waals surface area contributed by atoms with Crippen LogP contribution in [0.4, 0.5) is 0 Å². The molecule has 0 saturated carbocycles. The highest BCUT2D eigenvalue weighted by molar-refractivity contribution is 5.89. The van der Waals surface area contributed by atoms with Gasteiger partial charge in [-0.1, -0.05) is 30.3 Å². The van der Waals surface area contributed by atoms with E-state index >= 15 is 0 Å². The average Bonchev–Trinajstić information content (AvgIpc) is 2.87. The summed E-state index contributed by atoms with van der Waals surface area (Å²) in [5.41, 5.74) is 0.503. The molecule has 21 heavy (non-hydrogen) atoms. The highest BCUT2D eigenvalue weighted by Gasteiger charge is 2.46. The standard InChI is InChI=1S/C16H22N2O3/c19-13-10-18(11-14(13)20)15(21)16(6-8-17-9-7-16)12-4-2-1-3-5-12/h1-5,13-14,17,19-20H,6-11H2. The molecular weight excluding hydrogens is 268 g/mol. The number of carbonyl (C=O) groups excluding carboxylic acids is 1. The van der Waals surface area contributed by atoms with E-state index in [1.54, 1.807) is 4.90 Å². The van der Waals surface area contributed by atoms with Gasteiger partial charge in [0.15, 0.2) is 0 Å². The van der Waals surface area contributed by atoms with Gasteiger partial charge >= 0.3 is 0 Å². The molecule has 5 nitrogen and oxygen atoms in total. The third-order valence-corrected chi connectivity index (χ3v) is 4.74. The molecule has 114 valence electrons. The smallest absolute Gasteiger partial charge is 0.233 e. The van der Waals surface area contributed by atoms with Crippen LogP contribution in [0, 0.1) is 0 Å². The zero-order valence-corrected chi connectivity index (χ0v) is 12.0. The van der Waals surface area contributed by atoms with Crippen molar-refractivity contribution in [2.45, 2.75) is 30.5 Å². The molecule has 2 aliphatic rings. The zero-order chi connectivity index (χ0) is 14.9. The first-order valence-corrected chi connectivity index (χ1v) is 7.55. The van der Waals surface area contributed by atoms with Crippen LogP contribution < -0.4 is 5.32 Å². The Morgan fingerprint density at radius 1 is 1.10 bits per heavy atom. The summed E-state index contributed by atoms with van der Waals surface area (Å²) in [7, 11) is 0. The van der Waals surface area contributed by atoms with Gasteiger partial charge in [-0.05, 0) is 31.5 Å². The lowest BCUT2D eigenvalue weighted by molar-refractivity contribution is -0.138. The van der Waals surface area contributed by atoms with Crippen molar-refractivity contribution in [3.05, 3.63) is 35.9 Å². The van der Waals surface area contributed by atoms with Crippen LogP contribution in [0.3, 0.4) is 0 Å². The van der Waals surface area contributed by atoms with Crippen LogP contribution in [0.25, 0.3) is 0 Å². The number of likely N-dealkylation sites (tertiary alicyclic amines) is 1. The normalized spacial score (nSPS) is 28.6. The molecule has 5 heteroatoms. The highest BCUT2D eigenvalue weighted by atomic mass is 16.3. The van der Waals surface area contributed by atoms with Gasteiger partial charge in [0.2, 0.25) is 5.91 Å². The Kier molecular flexibility index (Phi) is 3.97. The number of hydrogen-bond acceptors (Lipinski definition) is 4. The van der Waals surface area contributed by atoms with Crippen molar-refractivity contribution < 1.29 is 15.0 Å². The molecule has 2 unspecified atom stereocenters. The quantitative estimate of drug-likeness (QED) is 0.709. The van der Waals surface area contributed by atoms with Crippen molar-refractivity contribution in [1.82, 2.24) is 10.2 Å². The van der Waals surface area contributed by atoms with E-state index < -0.39 is 17.6 Å². The fraction of sp³-hybridized carbons (Fsp3) is 0.562. The first kappa shape index (κ1) is 14.5. The molecular formula is C16H22N2O3. The van der Waals surface area contributed by atoms with Gasteiger partial charge in [-0.3, -0.25) is 4.79 Å². The summed E-state index contributed by atoms with van der Waals surface area (Å²) in [6.45, 7) is 2.06. The number of amides is 1. The van der Waals surface area contributed by atoms with Crippen molar-refractivity contribution in [1.29, 1.82) is 0 Å².